The van der Waals surface area contributed by atoms with Crippen molar-refractivity contribution in [3.8, 4) is 11.5 Å². The van der Waals surface area contributed by atoms with Crippen molar-refractivity contribution in [1.82, 2.24) is 0 Å². The summed E-state index contributed by atoms with van der Waals surface area (Å²) in [5.74, 6) is 1.49. The SMILES string of the molecule is Cc1ccc(OCCN2C(=O)COc3cc(NC(=O)CC(C)C)ccc32)cc1. The molecule has 0 saturated heterocycles. The molecule has 2 amide bonds. The second kappa shape index (κ2) is 8.78. The molecule has 6 nitrogen and oxygen atoms in total. The van der Waals surface area contributed by atoms with Crippen LogP contribution in [-0.4, -0.2) is 31.6 Å². The monoisotopic (exact) mass is 382 g/mol. The summed E-state index contributed by atoms with van der Waals surface area (Å²) in [7, 11) is 0. The molecular weight excluding hydrogens is 356 g/mol. The lowest BCUT2D eigenvalue weighted by Gasteiger charge is -2.29. The fourth-order valence-corrected chi connectivity index (χ4v) is 3.00. The number of anilines is 2. The van der Waals surface area contributed by atoms with Crippen LogP contribution in [0.3, 0.4) is 0 Å². The van der Waals surface area contributed by atoms with Gasteiger partial charge in [-0.25, -0.2) is 0 Å². The van der Waals surface area contributed by atoms with E-state index in [9.17, 15) is 9.59 Å². The number of benzene rings is 2. The predicted octanol–water partition coefficient (Wildman–Crippen LogP) is 3.78. The van der Waals surface area contributed by atoms with Crippen LogP contribution in [0.2, 0.25) is 0 Å². The van der Waals surface area contributed by atoms with Gasteiger partial charge in [-0.3, -0.25) is 9.59 Å². The van der Waals surface area contributed by atoms with Gasteiger partial charge >= 0.3 is 0 Å². The molecule has 0 bridgehead atoms. The van der Waals surface area contributed by atoms with Crippen LogP contribution >= 0.6 is 0 Å². The highest BCUT2D eigenvalue weighted by molar-refractivity contribution is 5.99. The molecule has 0 radical (unpaired) electrons. The minimum Gasteiger partial charge on any atom is -0.492 e. The summed E-state index contributed by atoms with van der Waals surface area (Å²) >= 11 is 0. The first-order valence-corrected chi connectivity index (χ1v) is 9.49. The number of carbonyl (C=O) groups excluding carboxylic acids is 2. The van der Waals surface area contributed by atoms with Crippen LogP contribution in [0.1, 0.15) is 25.8 Å². The van der Waals surface area contributed by atoms with E-state index in [1.165, 1.54) is 5.56 Å². The van der Waals surface area contributed by atoms with Crippen molar-refractivity contribution in [2.24, 2.45) is 5.92 Å². The van der Waals surface area contributed by atoms with E-state index in [-0.39, 0.29) is 24.3 Å². The molecule has 1 N–H and O–H groups in total. The van der Waals surface area contributed by atoms with Gasteiger partial charge in [-0.15, -0.1) is 0 Å². The van der Waals surface area contributed by atoms with Crippen LogP contribution in [0.25, 0.3) is 0 Å². The summed E-state index contributed by atoms with van der Waals surface area (Å²) in [6.45, 7) is 6.78. The second-order valence-electron chi connectivity index (χ2n) is 7.32. The topological polar surface area (TPSA) is 67.9 Å². The summed E-state index contributed by atoms with van der Waals surface area (Å²) in [4.78, 5) is 25.9. The molecule has 28 heavy (non-hydrogen) atoms. The predicted molar refractivity (Wildman–Crippen MR) is 109 cm³/mol. The molecule has 0 saturated carbocycles. The standard InChI is InChI=1S/C22H26N2O4/c1-15(2)12-21(25)23-17-6-9-19-20(13-17)28-14-22(26)24(19)10-11-27-18-7-4-16(3)5-8-18/h4-9,13,15H,10-12,14H2,1-3H3,(H,23,25). The Morgan fingerprint density at radius 3 is 2.68 bits per heavy atom. The van der Waals surface area contributed by atoms with Crippen LogP contribution in [0, 0.1) is 12.8 Å². The van der Waals surface area contributed by atoms with Gasteiger partial charge in [0.15, 0.2) is 6.61 Å². The Morgan fingerprint density at radius 2 is 1.96 bits per heavy atom. The highest BCUT2D eigenvalue weighted by Gasteiger charge is 2.25. The molecule has 6 heteroatoms. The molecule has 148 valence electrons. The Labute approximate surface area is 165 Å². The number of aryl methyl sites for hydroxylation is 1. The quantitative estimate of drug-likeness (QED) is 0.791. The highest BCUT2D eigenvalue weighted by atomic mass is 16.5. The molecule has 1 aliphatic heterocycles. The third-order valence-electron chi connectivity index (χ3n) is 4.38. The maximum absolute atomic E-state index is 12.3. The van der Waals surface area contributed by atoms with Gasteiger partial charge in [-0.2, -0.15) is 0 Å². The molecule has 0 aromatic heterocycles. The molecule has 3 rings (SSSR count). The van der Waals surface area contributed by atoms with Gasteiger partial charge in [0.2, 0.25) is 5.91 Å². The van der Waals surface area contributed by atoms with Crippen LogP contribution in [0.5, 0.6) is 11.5 Å². The van der Waals surface area contributed by atoms with Gasteiger partial charge in [0.1, 0.15) is 18.1 Å². The Bertz CT molecular complexity index is 846. The largest absolute Gasteiger partial charge is 0.492 e. The Hall–Kier alpha value is -3.02. The number of carbonyl (C=O) groups is 2. The summed E-state index contributed by atoms with van der Waals surface area (Å²) in [6.07, 6.45) is 0.457. The maximum atomic E-state index is 12.3. The fourth-order valence-electron chi connectivity index (χ4n) is 3.00. The van der Waals surface area contributed by atoms with Gasteiger partial charge in [-0.05, 0) is 37.1 Å². The fraction of sp³-hybridized carbons (Fsp3) is 0.364. The van der Waals surface area contributed by atoms with Crippen molar-refractivity contribution in [1.29, 1.82) is 0 Å². The minimum absolute atomic E-state index is 0.0269. The smallest absolute Gasteiger partial charge is 0.265 e. The lowest BCUT2D eigenvalue weighted by atomic mass is 10.1. The van der Waals surface area contributed by atoms with Crippen LogP contribution in [-0.2, 0) is 9.59 Å². The van der Waals surface area contributed by atoms with Crippen molar-refractivity contribution in [3.63, 3.8) is 0 Å². The molecule has 0 spiro atoms. The van der Waals surface area contributed by atoms with Crippen molar-refractivity contribution in [3.05, 3.63) is 48.0 Å². The third kappa shape index (κ3) is 5.03. The number of amides is 2. The number of nitrogens with zero attached hydrogens (tertiary/aromatic N) is 1. The van der Waals surface area contributed by atoms with Crippen molar-refractivity contribution >= 4 is 23.2 Å². The van der Waals surface area contributed by atoms with Crippen molar-refractivity contribution < 1.29 is 19.1 Å². The number of hydrogen-bond acceptors (Lipinski definition) is 4. The molecule has 2 aromatic carbocycles. The number of nitrogens with one attached hydrogen (secondary N) is 1. The zero-order valence-corrected chi connectivity index (χ0v) is 16.5. The van der Waals surface area contributed by atoms with E-state index < -0.39 is 0 Å². The Balaban J connectivity index is 1.64. The molecule has 0 unspecified atom stereocenters. The lowest BCUT2D eigenvalue weighted by Crippen LogP contribution is -2.41. The summed E-state index contributed by atoms with van der Waals surface area (Å²) < 4.78 is 11.3. The summed E-state index contributed by atoms with van der Waals surface area (Å²) in [6, 6.07) is 13.1. The molecule has 0 atom stereocenters. The molecule has 2 aromatic rings. The first kappa shape index (κ1) is 19.7. The van der Waals surface area contributed by atoms with E-state index in [0.29, 0.717) is 36.7 Å². The zero-order valence-electron chi connectivity index (χ0n) is 16.5. The van der Waals surface area contributed by atoms with Crippen molar-refractivity contribution in [2.75, 3.05) is 30.0 Å². The Morgan fingerprint density at radius 1 is 1.21 bits per heavy atom. The van der Waals surface area contributed by atoms with E-state index in [1.54, 1.807) is 23.1 Å². The second-order valence-corrected chi connectivity index (χ2v) is 7.32. The molecular formula is C22H26N2O4. The van der Waals surface area contributed by atoms with E-state index in [2.05, 4.69) is 5.32 Å². The molecule has 1 heterocycles. The van der Waals surface area contributed by atoms with E-state index >= 15 is 0 Å². The van der Waals surface area contributed by atoms with Crippen LogP contribution in [0.4, 0.5) is 11.4 Å². The van der Waals surface area contributed by atoms with Gasteiger partial charge in [0.05, 0.1) is 12.2 Å². The average Bonchev–Trinajstić information content (AvgIpc) is 2.64. The summed E-state index contributed by atoms with van der Waals surface area (Å²) in [5.41, 5.74) is 2.51. The molecule has 1 aliphatic rings. The number of fused-ring (bicyclic) bond motifs is 1. The van der Waals surface area contributed by atoms with Gasteiger partial charge < -0.3 is 19.7 Å². The zero-order chi connectivity index (χ0) is 20.1. The molecule has 0 fully saturated rings. The van der Waals surface area contributed by atoms with Gasteiger partial charge in [0, 0.05) is 18.2 Å². The van der Waals surface area contributed by atoms with E-state index in [4.69, 9.17) is 9.47 Å². The van der Waals surface area contributed by atoms with E-state index in [1.807, 2.05) is 45.0 Å². The van der Waals surface area contributed by atoms with Crippen LogP contribution < -0.4 is 19.7 Å². The first-order valence-electron chi connectivity index (χ1n) is 9.49. The molecule has 0 aliphatic carbocycles. The number of hydrogen-bond donors (Lipinski definition) is 1. The normalized spacial score (nSPS) is 13.1. The minimum atomic E-state index is -0.114. The third-order valence-corrected chi connectivity index (χ3v) is 4.38. The van der Waals surface area contributed by atoms with Gasteiger partial charge in [-0.1, -0.05) is 31.5 Å². The Kier molecular flexibility index (Phi) is 6.19. The van der Waals surface area contributed by atoms with Crippen LogP contribution in [0.15, 0.2) is 42.5 Å². The highest BCUT2D eigenvalue weighted by Crippen LogP contribution is 2.34. The summed E-state index contributed by atoms with van der Waals surface area (Å²) in [5, 5.41) is 2.87. The van der Waals surface area contributed by atoms with Gasteiger partial charge in [0.25, 0.3) is 5.91 Å². The first-order chi connectivity index (χ1) is 13.4. The number of rotatable bonds is 7. The average molecular weight is 382 g/mol. The maximum Gasteiger partial charge on any atom is 0.265 e. The number of ether oxygens (including phenoxy) is 2. The van der Waals surface area contributed by atoms with E-state index in [0.717, 1.165) is 5.75 Å². The lowest BCUT2D eigenvalue weighted by molar-refractivity contribution is -0.121. The van der Waals surface area contributed by atoms with Crippen molar-refractivity contribution in [2.45, 2.75) is 27.2 Å².